The van der Waals surface area contributed by atoms with Gasteiger partial charge < -0.3 is 0 Å². The van der Waals surface area contributed by atoms with E-state index in [1.54, 1.807) is 23.9 Å². The fourth-order valence-electron chi connectivity index (χ4n) is 1.20. The highest BCUT2D eigenvalue weighted by Gasteiger charge is 1.97. The molecule has 1 aromatic carbocycles. The van der Waals surface area contributed by atoms with Crippen LogP contribution in [0.4, 0.5) is 0 Å². The van der Waals surface area contributed by atoms with Crippen molar-refractivity contribution in [2.75, 3.05) is 26.9 Å². The minimum atomic E-state index is 0.821. The summed E-state index contributed by atoms with van der Waals surface area (Å²) in [6.45, 7) is 0.821. The van der Waals surface area contributed by atoms with Crippen molar-refractivity contribution in [3.8, 4) is 0 Å². The largest absolute Gasteiger partial charge is 0.296 e. The van der Waals surface area contributed by atoms with Crippen molar-refractivity contribution in [2.24, 2.45) is 4.99 Å². The van der Waals surface area contributed by atoms with Gasteiger partial charge in [-0.2, -0.15) is 0 Å². The van der Waals surface area contributed by atoms with Gasteiger partial charge in [0.2, 0.25) is 0 Å². The van der Waals surface area contributed by atoms with Crippen LogP contribution in [0.3, 0.4) is 0 Å². The summed E-state index contributed by atoms with van der Waals surface area (Å²) in [5, 5.41) is 0.972. The first-order valence-corrected chi connectivity index (χ1v) is 7.45. The molecule has 17 heavy (non-hydrogen) atoms. The zero-order valence-corrected chi connectivity index (χ0v) is 12.1. The van der Waals surface area contributed by atoms with E-state index < -0.39 is 0 Å². The molecule has 0 saturated heterocycles. The lowest BCUT2D eigenvalue weighted by molar-refractivity contribution is 0.700. The Balaban J connectivity index is 2.35. The highest BCUT2D eigenvalue weighted by molar-refractivity contribution is 8.14. The Morgan fingerprint density at radius 2 is 2.00 bits per heavy atom. The predicted octanol–water partition coefficient (Wildman–Crippen LogP) is 2.66. The van der Waals surface area contributed by atoms with Crippen LogP contribution in [0.2, 0.25) is 0 Å². The summed E-state index contributed by atoms with van der Waals surface area (Å²) in [5.74, 6) is 0. The Morgan fingerprint density at radius 1 is 1.29 bits per heavy atom. The number of amidine groups is 1. The summed E-state index contributed by atoms with van der Waals surface area (Å²) in [4.78, 5) is 4.53. The molecule has 5 heteroatoms. The summed E-state index contributed by atoms with van der Waals surface area (Å²) in [5.41, 5.74) is 1.33. The van der Waals surface area contributed by atoms with Crippen LogP contribution in [-0.4, -0.2) is 36.4 Å². The van der Waals surface area contributed by atoms with Gasteiger partial charge in [-0.15, -0.1) is 0 Å². The number of aliphatic imine (C=N–C) groups is 1. The third kappa shape index (κ3) is 6.61. The SMILES string of the molecule is CSC(=NCCc1ccccc1)NSN(C)C. The molecule has 0 atom stereocenters. The normalized spacial score (nSPS) is 11.9. The maximum Gasteiger partial charge on any atom is 0.167 e. The molecule has 0 aliphatic heterocycles. The molecule has 0 amide bonds. The van der Waals surface area contributed by atoms with Crippen molar-refractivity contribution in [1.82, 2.24) is 9.03 Å². The van der Waals surface area contributed by atoms with Gasteiger partial charge in [0.1, 0.15) is 0 Å². The quantitative estimate of drug-likeness (QED) is 0.505. The van der Waals surface area contributed by atoms with Crippen molar-refractivity contribution >= 4 is 29.1 Å². The van der Waals surface area contributed by atoms with Gasteiger partial charge in [0, 0.05) is 18.7 Å². The first-order chi connectivity index (χ1) is 8.22. The van der Waals surface area contributed by atoms with Crippen LogP contribution in [0.1, 0.15) is 5.56 Å². The zero-order chi connectivity index (χ0) is 12.5. The number of thioether (sulfide) groups is 1. The van der Waals surface area contributed by atoms with Crippen LogP contribution in [0.5, 0.6) is 0 Å². The first-order valence-electron chi connectivity index (χ1n) is 5.45. The second kappa shape index (κ2) is 8.44. The van der Waals surface area contributed by atoms with E-state index in [-0.39, 0.29) is 0 Å². The van der Waals surface area contributed by atoms with Crippen molar-refractivity contribution in [1.29, 1.82) is 0 Å². The van der Waals surface area contributed by atoms with Crippen molar-refractivity contribution in [3.63, 3.8) is 0 Å². The third-order valence-corrected chi connectivity index (χ3v) is 3.40. The van der Waals surface area contributed by atoms with Gasteiger partial charge in [0.15, 0.2) is 5.17 Å². The van der Waals surface area contributed by atoms with Crippen LogP contribution in [0.25, 0.3) is 0 Å². The fourth-order valence-corrected chi connectivity index (χ4v) is 2.19. The molecular formula is C12H19N3S2. The molecule has 94 valence electrons. The summed E-state index contributed by atoms with van der Waals surface area (Å²) in [6.07, 6.45) is 3.02. The van der Waals surface area contributed by atoms with Gasteiger partial charge in [0.05, 0.1) is 0 Å². The minimum absolute atomic E-state index is 0.821. The number of hydrogen-bond acceptors (Lipinski definition) is 4. The van der Waals surface area contributed by atoms with E-state index >= 15 is 0 Å². The van der Waals surface area contributed by atoms with Gasteiger partial charge in [-0.25, -0.2) is 4.31 Å². The molecule has 0 saturated carbocycles. The lowest BCUT2D eigenvalue weighted by Crippen LogP contribution is -2.18. The average Bonchev–Trinajstić information content (AvgIpc) is 2.34. The van der Waals surface area contributed by atoms with Crippen molar-refractivity contribution < 1.29 is 0 Å². The Morgan fingerprint density at radius 3 is 2.59 bits per heavy atom. The van der Waals surface area contributed by atoms with Gasteiger partial charge in [0.25, 0.3) is 0 Å². The van der Waals surface area contributed by atoms with Gasteiger partial charge in [-0.3, -0.25) is 9.71 Å². The van der Waals surface area contributed by atoms with Crippen LogP contribution in [-0.2, 0) is 6.42 Å². The lowest BCUT2D eigenvalue weighted by atomic mass is 10.2. The van der Waals surface area contributed by atoms with E-state index in [1.807, 2.05) is 30.7 Å². The monoisotopic (exact) mass is 269 g/mol. The van der Waals surface area contributed by atoms with Gasteiger partial charge in [-0.05, 0) is 32.3 Å². The zero-order valence-electron chi connectivity index (χ0n) is 10.5. The highest BCUT2D eigenvalue weighted by Crippen LogP contribution is 2.05. The summed E-state index contributed by atoms with van der Waals surface area (Å²) < 4.78 is 5.21. The maximum absolute atomic E-state index is 4.53. The summed E-state index contributed by atoms with van der Waals surface area (Å²) in [7, 11) is 4.00. The molecule has 0 unspecified atom stereocenters. The van der Waals surface area contributed by atoms with Crippen molar-refractivity contribution in [3.05, 3.63) is 35.9 Å². The summed E-state index contributed by atoms with van der Waals surface area (Å²) >= 11 is 3.18. The summed E-state index contributed by atoms with van der Waals surface area (Å²) in [6, 6.07) is 10.4. The number of rotatable bonds is 5. The molecule has 0 aliphatic rings. The topological polar surface area (TPSA) is 27.6 Å². The molecule has 0 aromatic heterocycles. The Hall–Kier alpha value is -0.650. The fraction of sp³-hybridized carbons (Fsp3) is 0.417. The van der Waals surface area contributed by atoms with E-state index in [4.69, 9.17) is 0 Å². The molecule has 0 heterocycles. The molecule has 0 bridgehead atoms. The number of benzene rings is 1. The van der Waals surface area contributed by atoms with E-state index in [0.29, 0.717) is 0 Å². The molecule has 1 N–H and O–H groups in total. The smallest absolute Gasteiger partial charge is 0.167 e. The average molecular weight is 269 g/mol. The maximum atomic E-state index is 4.53. The molecule has 3 nitrogen and oxygen atoms in total. The standard InChI is InChI=1S/C12H19N3S2/c1-15(2)17-14-12(16-3)13-10-9-11-7-5-4-6-8-11/h4-8H,9-10H2,1-3H3,(H,13,14). The molecule has 1 aromatic rings. The second-order valence-electron chi connectivity index (χ2n) is 3.63. The Kier molecular flexibility index (Phi) is 7.16. The molecule has 0 radical (unpaired) electrons. The highest BCUT2D eigenvalue weighted by atomic mass is 32.2. The van der Waals surface area contributed by atoms with Crippen LogP contribution < -0.4 is 4.72 Å². The van der Waals surface area contributed by atoms with E-state index in [9.17, 15) is 0 Å². The molecule has 1 rings (SSSR count). The molecular weight excluding hydrogens is 250 g/mol. The van der Waals surface area contributed by atoms with Crippen LogP contribution in [0, 0.1) is 0 Å². The van der Waals surface area contributed by atoms with Gasteiger partial charge >= 0.3 is 0 Å². The number of nitrogens with one attached hydrogen (secondary N) is 1. The lowest BCUT2D eigenvalue weighted by Gasteiger charge is -2.10. The van der Waals surface area contributed by atoms with Crippen LogP contribution >= 0.6 is 23.9 Å². The molecule has 0 aliphatic carbocycles. The van der Waals surface area contributed by atoms with Crippen LogP contribution in [0.15, 0.2) is 35.3 Å². The third-order valence-electron chi connectivity index (χ3n) is 2.01. The second-order valence-corrected chi connectivity index (χ2v) is 5.54. The van der Waals surface area contributed by atoms with E-state index in [2.05, 4.69) is 34.0 Å². The van der Waals surface area contributed by atoms with Gasteiger partial charge in [-0.1, -0.05) is 42.1 Å². The molecule has 0 fully saturated rings. The number of hydrogen-bond donors (Lipinski definition) is 1. The van der Waals surface area contributed by atoms with E-state index in [0.717, 1.165) is 18.1 Å². The predicted molar refractivity (Wildman–Crippen MR) is 80.4 cm³/mol. The number of nitrogens with zero attached hydrogens (tertiary/aromatic N) is 2. The Bertz CT molecular complexity index is 339. The Labute approximate surface area is 112 Å². The van der Waals surface area contributed by atoms with E-state index in [1.165, 1.54) is 5.56 Å². The minimum Gasteiger partial charge on any atom is -0.296 e. The first kappa shape index (κ1) is 14.4. The molecule has 0 spiro atoms. The van der Waals surface area contributed by atoms with Crippen molar-refractivity contribution in [2.45, 2.75) is 6.42 Å².